The van der Waals surface area contributed by atoms with E-state index in [1.54, 1.807) is 28.4 Å². The lowest BCUT2D eigenvalue weighted by Crippen LogP contribution is -2.33. The second kappa shape index (κ2) is 6.98. The molecule has 0 saturated heterocycles. The second-order valence-electron chi connectivity index (χ2n) is 5.81. The van der Waals surface area contributed by atoms with Gasteiger partial charge in [0.2, 0.25) is 5.91 Å². The Balaban J connectivity index is 1.33. The number of anilines is 1. The van der Waals surface area contributed by atoms with E-state index in [2.05, 4.69) is 10.4 Å². The Bertz CT molecular complexity index is 860. The van der Waals surface area contributed by atoms with E-state index in [0.29, 0.717) is 25.3 Å². The smallest absolute Gasteiger partial charge is 0.228 e. The summed E-state index contributed by atoms with van der Waals surface area (Å²) < 4.78 is 13.4. The van der Waals surface area contributed by atoms with Crippen molar-refractivity contribution < 1.29 is 14.3 Å². The van der Waals surface area contributed by atoms with Gasteiger partial charge in [0.1, 0.15) is 6.61 Å². The lowest BCUT2D eigenvalue weighted by Gasteiger charge is -2.26. The number of nitrogens with zero attached hydrogens (tertiary/aromatic N) is 2. The van der Waals surface area contributed by atoms with Gasteiger partial charge in [-0.25, -0.2) is 0 Å². The molecule has 7 heteroatoms. The highest BCUT2D eigenvalue weighted by Crippen LogP contribution is 2.31. The highest BCUT2D eigenvalue weighted by atomic mass is 32.1. The molecule has 3 aromatic rings. The molecule has 2 aromatic heterocycles. The van der Waals surface area contributed by atoms with E-state index in [-0.39, 0.29) is 12.0 Å². The van der Waals surface area contributed by atoms with E-state index < -0.39 is 0 Å². The molecule has 0 radical (unpaired) electrons. The summed E-state index contributed by atoms with van der Waals surface area (Å²) in [7, 11) is 0. The van der Waals surface area contributed by atoms with Gasteiger partial charge >= 0.3 is 0 Å². The lowest BCUT2D eigenvalue weighted by atomic mass is 10.2. The molecular formula is C18H17N3O3S. The van der Waals surface area contributed by atoms with Crippen LogP contribution in [0.2, 0.25) is 0 Å². The number of fused-ring (bicyclic) bond motifs is 1. The number of benzene rings is 1. The summed E-state index contributed by atoms with van der Waals surface area (Å²) in [6.45, 7) is 1.02. The number of hydrogen-bond donors (Lipinski definition) is 1. The number of aromatic nitrogens is 2. The number of amides is 1. The average molecular weight is 355 g/mol. The standard InChI is InChI=1S/C18H17N3O3S/c22-18(7-13-5-6-25-12-13)20-14-8-19-21(9-14)10-15-11-23-16-3-1-2-4-17(16)24-15/h1-6,8-9,12,15H,7,10-11H2,(H,20,22). The first-order chi connectivity index (χ1) is 12.3. The van der Waals surface area contributed by atoms with Gasteiger partial charge in [0.05, 0.1) is 24.8 Å². The monoisotopic (exact) mass is 355 g/mol. The van der Waals surface area contributed by atoms with E-state index in [1.165, 1.54) is 0 Å². The molecule has 1 aromatic carbocycles. The zero-order chi connectivity index (χ0) is 17.1. The summed E-state index contributed by atoms with van der Waals surface area (Å²) in [5.41, 5.74) is 1.69. The highest BCUT2D eigenvalue weighted by molar-refractivity contribution is 7.08. The molecule has 1 aliphatic rings. The third-order valence-electron chi connectivity index (χ3n) is 3.82. The van der Waals surface area contributed by atoms with Crippen molar-refractivity contribution in [2.45, 2.75) is 19.1 Å². The minimum Gasteiger partial charge on any atom is -0.486 e. The number of ether oxygens (including phenoxy) is 2. The Morgan fingerprint density at radius 2 is 2.20 bits per heavy atom. The van der Waals surface area contributed by atoms with Crippen LogP contribution in [0.3, 0.4) is 0 Å². The topological polar surface area (TPSA) is 65.4 Å². The van der Waals surface area contributed by atoms with Crippen LogP contribution in [0.4, 0.5) is 5.69 Å². The first-order valence-electron chi connectivity index (χ1n) is 7.98. The molecule has 1 atom stereocenters. The molecule has 1 N–H and O–H groups in total. The molecule has 0 saturated carbocycles. The Morgan fingerprint density at radius 3 is 3.04 bits per heavy atom. The first-order valence-corrected chi connectivity index (χ1v) is 8.92. The zero-order valence-corrected chi connectivity index (χ0v) is 14.2. The van der Waals surface area contributed by atoms with Crippen molar-refractivity contribution in [1.82, 2.24) is 9.78 Å². The van der Waals surface area contributed by atoms with Gasteiger partial charge < -0.3 is 14.8 Å². The number of rotatable bonds is 5. The molecule has 128 valence electrons. The third-order valence-corrected chi connectivity index (χ3v) is 4.55. The van der Waals surface area contributed by atoms with Crippen molar-refractivity contribution in [3.05, 3.63) is 59.0 Å². The normalized spacial score (nSPS) is 15.8. The Kier molecular flexibility index (Phi) is 4.39. The van der Waals surface area contributed by atoms with Crippen LogP contribution in [0.1, 0.15) is 5.56 Å². The fourth-order valence-corrected chi connectivity index (χ4v) is 3.34. The van der Waals surface area contributed by atoms with Gasteiger partial charge in [-0.05, 0) is 34.5 Å². The van der Waals surface area contributed by atoms with E-state index in [4.69, 9.17) is 9.47 Å². The van der Waals surface area contributed by atoms with Crippen LogP contribution >= 0.6 is 11.3 Å². The maximum Gasteiger partial charge on any atom is 0.228 e. The zero-order valence-electron chi connectivity index (χ0n) is 13.4. The predicted octanol–water partition coefficient (Wildman–Crippen LogP) is 2.97. The van der Waals surface area contributed by atoms with Gasteiger partial charge in [-0.2, -0.15) is 16.4 Å². The summed E-state index contributed by atoms with van der Waals surface area (Å²) in [4.78, 5) is 12.0. The van der Waals surface area contributed by atoms with Crippen LogP contribution in [0.15, 0.2) is 53.5 Å². The molecule has 1 aliphatic heterocycles. The van der Waals surface area contributed by atoms with Crippen molar-refractivity contribution in [3.8, 4) is 11.5 Å². The molecule has 3 heterocycles. The Hall–Kier alpha value is -2.80. The van der Waals surface area contributed by atoms with E-state index in [9.17, 15) is 4.79 Å². The Labute approximate surface area is 149 Å². The third kappa shape index (κ3) is 3.83. The van der Waals surface area contributed by atoms with Gasteiger partial charge in [-0.3, -0.25) is 9.48 Å². The molecule has 0 fully saturated rings. The van der Waals surface area contributed by atoms with Gasteiger partial charge in [0, 0.05) is 6.20 Å². The van der Waals surface area contributed by atoms with Crippen LogP contribution in [-0.4, -0.2) is 28.4 Å². The van der Waals surface area contributed by atoms with Gasteiger partial charge in [0.15, 0.2) is 17.6 Å². The number of carbonyl (C=O) groups excluding carboxylic acids is 1. The molecular weight excluding hydrogens is 338 g/mol. The predicted molar refractivity (Wildman–Crippen MR) is 95.2 cm³/mol. The SMILES string of the molecule is O=C(Cc1ccsc1)Nc1cnn(CC2COc3ccccc3O2)c1. The van der Waals surface area contributed by atoms with Crippen molar-refractivity contribution in [1.29, 1.82) is 0 Å². The van der Waals surface area contributed by atoms with E-state index in [0.717, 1.165) is 17.1 Å². The number of thiophene rings is 1. The number of nitrogens with one attached hydrogen (secondary N) is 1. The van der Waals surface area contributed by atoms with Crippen LogP contribution in [-0.2, 0) is 17.8 Å². The number of carbonyl (C=O) groups is 1. The molecule has 25 heavy (non-hydrogen) atoms. The summed E-state index contributed by atoms with van der Waals surface area (Å²) in [5.74, 6) is 1.46. The molecule has 0 spiro atoms. The van der Waals surface area contributed by atoms with E-state index >= 15 is 0 Å². The molecule has 0 aliphatic carbocycles. The maximum absolute atomic E-state index is 12.0. The lowest BCUT2D eigenvalue weighted by molar-refractivity contribution is -0.115. The largest absolute Gasteiger partial charge is 0.486 e. The Morgan fingerprint density at radius 1 is 1.32 bits per heavy atom. The van der Waals surface area contributed by atoms with Crippen molar-refractivity contribution in [3.63, 3.8) is 0 Å². The van der Waals surface area contributed by atoms with E-state index in [1.807, 2.05) is 41.1 Å². The molecule has 6 nitrogen and oxygen atoms in total. The van der Waals surface area contributed by atoms with Crippen LogP contribution < -0.4 is 14.8 Å². The summed E-state index contributed by atoms with van der Waals surface area (Å²) >= 11 is 1.58. The molecule has 1 unspecified atom stereocenters. The molecule has 0 bridgehead atoms. The van der Waals surface area contributed by atoms with Gasteiger partial charge in [-0.1, -0.05) is 12.1 Å². The van der Waals surface area contributed by atoms with Gasteiger partial charge in [-0.15, -0.1) is 0 Å². The fourth-order valence-electron chi connectivity index (χ4n) is 2.67. The highest BCUT2D eigenvalue weighted by Gasteiger charge is 2.21. The van der Waals surface area contributed by atoms with Crippen molar-refractivity contribution >= 4 is 22.9 Å². The summed E-state index contributed by atoms with van der Waals surface area (Å²) in [6.07, 6.45) is 3.69. The minimum absolute atomic E-state index is 0.0517. The second-order valence-corrected chi connectivity index (χ2v) is 6.59. The minimum atomic E-state index is -0.121. The number of hydrogen-bond acceptors (Lipinski definition) is 5. The summed E-state index contributed by atoms with van der Waals surface area (Å²) in [5, 5.41) is 11.1. The first kappa shape index (κ1) is 15.7. The van der Waals surface area contributed by atoms with Crippen molar-refractivity contribution in [2.75, 3.05) is 11.9 Å². The molecule has 1 amide bonds. The van der Waals surface area contributed by atoms with Crippen LogP contribution in [0.25, 0.3) is 0 Å². The quantitative estimate of drug-likeness (QED) is 0.764. The van der Waals surface area contributed by atoms with Crippen LogP contribution in [0.5, 0.6) is 11.5 Å². The van der Waals surface area contributed by atoms with Crippen LogP contribution in [0, 0.1) is 0 Å². The fraction of sp³-hybridized carbons (Fsp3) is 0.222. The summed E-state index contributed by atoms with van der Waals surface area (Å²) in [6, 6.07) is 9.56. The van der Waals surface area contributed by atoms with Gasteiger partial charge in [0.25, 0.3) is 0 Å². The maximum atomic E-state index is 12.0. The van der Waals surface area contributed by atoms with Crippen molar-refractivity contribution in [2.24, 2.45) is 0 Å². The molecule has 4 rings (SSSR count). The number of para-hydroxylation sites is 2. The average Bonchev–Trinajstić information content (AvgIpc) is 3.27.